The molecule has 0 saturated carbocycles. The topological polar surface area (TPSA) is 52.6 Å². The number of aromatic nitrogens is 1. The van der Waals surface area contributed by atoms with Gasteiger partial charge in [-0.25, -0.2) is 0 Å². The first kappa shape index (κ1) is 13.9. The van der Waals surface area contributed by atoms with Gasteiger partial charge in [-0.3, -0.25) is 4.98 Å². The molecule has 0 aliphatic heterocycles. The molecular weight excluding hydrogens is 220 g/mol. The summed E-state index contributed by atoms with van der Waals surface area (Å²) in [5, 5.41) is 3.16. The van der Waals surface area contributed by atoms with Crippen molar-refractivity contribution in [1.29, 1.82) is 0 Å². The number of ether oxygens (including phenoxy) is 3. The van der Waals surface area contributed by atoms with Gasteiger partial charge in [-0.2, -0.15) is 0 Å². The summed E-state index contributed by atoms with van der Waals surface area (Å²) in [6, 6.07) is 3.76. The molecule has 0 aromatic carbocycles. The van der Waals surface area contributed by atoms with Crippen molar-refractivity contribution < 1.29 is 14.2 Å². The number of hydrogen-bond acceptors (Lipinski definition) is 5. The van der Waals surface area contributed by atoms with Gasteiger partial charge in [-0.1, -0.05) is 0 Å². The molecule has 5 nitrogen and oxygen atoms in total. The highest BCUT2D eigenvalue weighted by atomic mass is 16.5. The normalized spacial score (nSPS) is 12.4. The van der Waals surface area contributed by atoms with Gasteiger partial charge in [0.2, 0.25) is 0 Å². The average Bonchev–Trinajstić information content (AvgIpc) is 2.39. The van der Waals surface area contributed by atoms with Gasteiger partial charge in [0, 0.05) is 13.3 Å². The van der Waals surface area contributed by atoms with Crippen LogP contribution in [0.3, 0.4) is 0 Å². The van der Waals surface area contributed by atoms with Crippen molar-refractivity contribution in [2.24, 2.45) is 0 Å². The Morgan fingerprint density at radius 2 is 2.18 bits per heavy atom. The van der Waals surface area contributed by atoms with Crippen LogP contribution in [0.4, 0.5) is 0 Å². The Morgan fingerprint density at radius 3 is 2.82 bits per heavy atom. The van der Waals surface area contributed by atoms with Gasteiger partial charge in [0.1, 0.15) is 11.4 Å². The fraction of sp³-hybridized carbons (Fsp3) is 0.583. The summed E-state index contributed by atoms with van der Waals surface area (Å²) >= 11 is 0. The molecule has 1 N–H and O–H groups in total. The first-order valence-corrected chi connectivity index (χ1v) is 5.56. The van der Waals surface area contributed by atoms with Crippen molar-refractivity contribution in [2.75, 3.05) is 41.1 Å². The number of likely N-dealkylation sites (N-methyl/N-ethyl adjacent to an activating group) is 1. The minimum absolute atomic E-state index is 0.0167. The third kappa shape index (κ3) is 4.30. The maximum Gasteiger partial charge on any atom is 0.142 e. The Hall–Kier alpha value is -1.17. The number of methoxy groups -OCH3 is 2. The van der Waals surface area contributed by atoms with Crippen LogP contribution < -0.4 is 10.1 Å². The molecule has 96 valence electrons. The molecule has 0 spiro atoms. The number of nitrogens with zero attached hydrogens (tertiary/aromatic N) is 1. The van der Waals surface area contributed by atoms with E-state index in [4.69, 9.17) is 14.2 Å². The SMILES string of the molecule is CNC(COCCOC)c1ncccc1OC. The molecule has 0 radical (unpaired) electrons. The average molecular weight is 240 g/mol. The molecule has 0 fully saturated rings. The maximum atomic E-state index is 5.50. The van der Waals surface area contributed by atoms with Crippen LogP contribution in [0.15, 0.2) is 18.3 Å². The van der Waals surface area contributed by atoms with E-state index in [0.717, 1.165) is 11.4 Å². The van der Waals surface area contributed by atoms with Crippen LogP contribution in [-0.4, -0.2) is 46.1 Å². The van der Waals surface area contributed by atoms with E-state index in [0.29, 0.717) is 19.8 Å². The zero-order valence-electron chi connectivity index (χ0n) is 10.6. The maximum absolute atomic E-state index is 5.50. The van der Waals surface area contributed by atoms with Crippen molar-refractivity contribution in [3.05, 3.63) is 24.0 Å². The molecule has 1 aromatic heterocycles. The van der Waals surface area contributed by atoms with Crippen molar-refractivity contribution in [1.82, 2.24) is 10.3 Å². The number of nitrogens with one attached hydrogen (secondary N) is 1. The van der Waals surface area contributed by atoms with Crippen LogP contribution >= 0.6 is 0 Å². The monoisotopic (exact) mass is 240 g/mol. The van der Waals surface area contributed by atoms with E-state index < -0.39 is 0 Å². The molecule has 1 heterocycles. The number of rotatable bonds is 8. The third-order valence-corrected chi connectivity index (χ3v) is 2.41. The summed E-state index contributed by atoms with van der Waals surface area (Å²) in [7, 11) is 5.16. The van der Waals surface area contributed by atoms with Crippen LogP contribution in [0.1, 0.15) is 11.7 Å². The third-order valence-electron chi connectivity index (χ3n) is 2.41. The molecule has 1 aromatic rings. The minimum Gasteiger partial charge on any atom is -0.495 e. The van der Waals surface area contributed by atoms with Crippen LogP contribution in [0.25, 0.3) is 0 Å². The van der Waals surface area contributed by atoms with Gasteiger partial charge in [-0.15, -0.1) is 0 Å². The molecule has 0 aliphatic carbocycles. The minimum atomic E-state index is 0.0167. The summed E-state index contributed by atoms with van der Waals surface area (Å²) < 4.78 is 15.7. The quantitative estimate of drug-likeness (QED) is 0.687. The molecule has 1 atom stereocenters. The Morgan fingerprint density at radius 1 is 1.35 bits per heavy atom. The second-order valence-electron chi connectivity index (χ2n) is 3.50. The summed E-state index contributed by atoms with van der Waals surface area (Å²) in [5.41, 5.74) is 0.856. The largest absolute Gasteiger partial charge is 0.495 e. The fourth-order valence-corrected chi connectivity index (χ4v) is 1.48. The first-order valence-electron chi connectivity index (χ1n) is 5.56. The highest BCUT2D eigenvalue weighted by Gasteiger charge is 2.15. The molecule has 0 saturated heterocycles. The molecule has 0 bridgehead atoms. The second-order valence-corrected chi connectivity index (χ2v) is 3.50. The smallest absolute Gasteiger partial charge is 0.142 e. The van der Waals surface area contributed by atoms with Crippen molar-refractivity contribution >= 4 is 0 Å². The van der Waals surface area contributed by atoms with Crippen LogP contribution in [0, 0.1) is 0 Å². The Labute approximate surface area is 102 Å². The summed E-state index contributed by atoms with van der Waals surface area (Å²) in [4.78, 5) is 4.32. The molecule has 0 aliphatic rings. The van der Waals surface area contributed by atoms with Gasteiger partial charge in [0.05, 0.1) is 33.0 Å². The van der Waals surface area contributed by atoms with E-state index in [1.165, 1.54) is 0 Å². The van der Waals surface area contributed by atoms with E-state index in [-0.39, 0.29) is 6.04 Å². The van der Waals surface area contributed by atoms with Crippen LogP contribution in [0.2, 0.25) is 0 Å². The standard InChI is InChI=1S/C12H20N2O3/c1-13-10(9-17-8-7-15-2)12-11(16-3)5-4-6-14-12/h4-6,10,13H,7-9H2,1-3H3. The van der Waals surface area contributed by atoms with Gasteiger partial charge >= 0.3 is 0 Å². The molecule has 1 rings (SSSR count). The predicted molar refractivity (Wildman–Crippen MR) is 65.3 cm³/mol. The molecular formula is C12H20N2O3. The van der Waals surface area contributed by atoms with Crippen molar-refractivity contribution in [3.8, 4) is 5.75 Å². The summed E-state index contributed by atoms with van der Waals surface area (Å²) in [5.74, 6) is 0.766. The van der Waals surface area contributed by atoms with Gasteiger partial charge in [0.15, 0.2) is 0 Å². The van der Waals surface area contributed by atoms with Gasteiger partial charge in [-0.05, 0) is 19.2 Å². The lowest BCUT2D eigenvalue weighted by molar-refractivity contribution is 0.0587. The molecule has 5 heteroatoms. The lowest BCUT2D eigenvalue weighted by Gasteiger charge is -2.18. The Balaban J connectivity index is 2.59. The number of hydrogen-bond donors (Lipinski definition) is 1. The summed E-state index contributed by atoms with van der Waals surface area (Å²) in [6.07, 6.45) is 1.75. The lowest BCUT2D eigenvalue weighted by Crippen LogP contribution is -2.24. The van der Waals surface area contributed by atoms with E-state index in [9.17, 15) is 0 Å². The van der Waals surface area contributed by atoms with Gasteiger partial charge in [0.25, 0.3) is 0 Å². The van der Waals surface area contributed by atoms with E-state index >= 15 is 0 Å². The van der Waals surface area contributed by atoms with Crippen LogP contribution in [0.5, 0.6) is 5.75 Å². The first-order chi connectivity index (χ1) is 8.33. The lowest BCUT2D eigenvalue weighted by atomic mass is 10.2. The Bertz CT molecular complexity index is 320. The van der Waals surface area contributed by atoms with Gasteiger partial charge < -0.3 is 19.5 Å². The second kappa shape index (κ2) is 8.00. The summed E-state index contributed by atoms with van der Waals surface area (Å²) in [6.45, 7) is 1.70. The molecule has 17 heavy (non-hydrogen) atoms. The highest BCUT2D eigenvalue weighted by molar-refractivity contribution is 5.29. The fourth-order valence-electron chi connectivity index (χ4n) is 1.48. The zero-order chi connectivity index (χ0) is 12.5. The Kier molecular flexibility index (Phi) is 6.54. The molecule has 0 amide bonds. The van der Waals surface area contributed by atoms with E-state index in [2.05, 4.69) is 10.3 Å². The van der Waals surface area contributed by atoms with Crippen LogP contribution in [-0.2, 0) is 9.47 Å². The van der Waals surface area contributed by atoms with E-state index in [1.807, 2.05) is 19.2 Å². The highest BCUT2D eigenvalue weighted by Crippen LogP contribution is 2.21. The number of pyridine rings is 1. The van der Waals surface area contributed by atoms with Crippen molar-refractivity contribution in [2.45, 2.75) is 6.04 Å². The predicted octanol–water partition coefficient (Wildman–Crippen LogP) is 1.01. The van der Waals surface area contributed by atoms with E-state index in [1.54, 1.807) is 20.4 Å². The van der Waals surface area contributed by atoms with Crippen molar-refractivity contribution in [3.63, 3.8) is 0 Å². The zero-order valence-corrected chi connectivity index (χ0v) is 10.6. The molecule has 1 unspecified atom stereocenters.